The molecule has 0 aromatic carbocycles. The lowest BCUT2D eigenvalue weighted by Gasteiger charge is -2.20. The zero-order valence-electron chi connectivity index (χ0n) is 8.96. The second kappa shape index (κ2) is 8.49. The van der Waals surface area contributed by atoms with Crippen molar-refractivity contribution in [2.45, 2.75) is 45.0 Å². The van der Waals surface area contributed by atoms with Crippen molar-refractivity contribution < 1.29 is 0 Å². The van der Waals surface area contributed by atoms with Crippen LogP contribution in [0.2, 0.25) is 0 Å². The summed E-state index contributed by atoms with van der Waals surface area (Å²) in [6.45, 7) is 0. The Morgan fingerprint density at radius 2 is 1.00 bits per heavy atom. The smallest absolute Gasteiger partial charge is 0.0305 e. The third kappa shape index (κ3) is 5.83. The minimum absolute atomic E-state index is 0.519. The molecule has 0 aromatic rings. The molecule has 0 aliphatic heterocycles. The van der Waals surface area contributed by atoms with Gasteiger partial charge in [-0.05, 0) is 25.7 Å². The second-order valence-corrected chi connectivity index (χ2v) is 8.67. The van der Waals surface area contributed by atoms with Crippen LogP contribution in [0.25, 0.3) is 0 Å². The van der Waals surface area contributed by atoms with Crippen molar-refractivity contribution in [2.75, 3.05) is 0 Å². The standard InChI is InChI=1S/C12H16Br4/c13-9-5-3-1-2-4-6-10(14)12(16)8-7-11(9)15/h1-4,9-12H,5-8H2. The van der Waals surface area contributed by atoms with Gasteiger partial charge in [0.2, 0.25) is 0 Å². The fourth-order valence-corrected chi connectivity index (χ4v) is 3.47. The summed E-state index contributed by atoms with van der Waals surface area (Å²) in [7, 11) is 0. The maximum Gasteiger partial charge on any atom is 0.0305 e. The highest BCUT2D eigenvalue weighted by atomic mass is 79.9. The minimum Gasteiger partial charge on any atom is -0.0878 e. The van der Waals surface area contributed by atoms with Crippen molar-refractivity contribution in [3.05, 3.63) is 24.3 Å². The van der Waals surface area contributed by atoms with Gasteiger partial charge < -0.3 is 0 Å². The molecule has 0 spiro atoms. The number of rotatable bonds is 0. The molecule has 92 valence electrons. The van der Waals surface area contributed by atoms with E-state index >= 15 is 0 Å². The Kier molecular flexibility index (Phi) is 8.20. The summed E-state index contributed by atoms with van der Waals surface area (Å²) in [5, 5.41) is 0. The van der Waals surface area contributed by atoms with Crippen molar-refractivity contribution in [2.24, 2.45) is 0 Å². The van der Waals surface area contributed by atoms with Crippen LogP contribution in [0.15, 0.2) is 24.3 Å². The van der Waals surface area contributed by atoms with Gasteiger partial charge in [-0.15, -0.1) is 0 Å². The third-order valence-electron chi connectivity index (χ3n) is 2.61. The fraction of sp³-hybridized carbons (Fsp3) is 0.667. The number of allylic oxidation sites excluding steroid dienone is 4. The van der Waals surface area contributed by atoms with E-state index < -0.39 is 0 Å². The SMILES string of the molecule is BrC1CC=CC=CCC(Br)C(Br)CCC1Br. The molecule has 0 radical (unpaired) electrons. The molecule has 4 unspecified atom stereocenters. The molecule has 0 fully saturated rings. The fourth-order valence-electron chi connectivity index (χ4n) is 1.55. The van der Waals surface area contributed by atoms with Crippen molar-refractivity contribution in [3.8, 4) is 0 Å². The lowest BCUT2D eigenvalue weighted by Crippen LogP contribution is -2.19. The Hall–Kier alpha value is 1.40. The first-order valence-corrected chi connectivity index (χ1v) is 9.15. The molecule has 1 aliphatic rings. The Bertz CT molecular complexity index is 223. The zero-order chi connectivity index (χ0) is 12.0. The summed E-state index contributed by atoms with van der Waals surface area (Å²) >= 11 is 15.0. The predicted octanol–water partition coefficient (Wildman–Crippen LogP) is 5.73. The molecule has 0 N–H and O–H groups in total. The van der Waals surface area contributed by atoms with Crippen LogP contribution in [0.4, 0.5) is 0 Å². The first kappa shape index (κ1) is 15.5. The van der Waals surface area contributed by atoms with E-state index in [4.69, 9.17) is 0 Å². The van der Waals surface area contributed by atoms with E-state index in [9.17, 15) is 0 Å². The maximum absolute atomic E-state index is 3.76. The molecule has 0 saturated carbocycles. The van der Waals surface area contributed by atoms with E-state index in [1.165, 1.54) is 12.8 Å². The molecule has 0 bridgehead atoms. The molecule has 0 heterocycles. The predicted molar refractivity (Wildman–Crippen MR) is 87.6 cm³/mol. The molecular formula is C12H16Br4. The van der Waals surface area contributed by atoms with E-state index in [0.29, 0.717) is 19.3 Å². The minimum atomic E-state index is 0.519. The molecular weight excluding hydrogens is 464 g/mol. The van der Waals surface area contributed by atoms with E-state index in [1.54, 1.807) is 0 Å². The van der Waals surface area contributed by atoms with Crippen LogP contribution >= 0.6 is 63.7 Å². The Morgan fingerprint density at radius 1 is 0.625 bits per heavy atom. The number of hydrogen-bond donors (Lipinski definition) is 0. The van der Waals surface area contributed by atoms with Crippen molar-refractivity contribution in [1.29, 1.82) is 0 Å². The summed E-state index contributed by atoms with van der Waals surface area (Å²) in [6.07, 6.45) is 13.2. The maximum atomic E-state index is 3.76. The van der Waals surface area contributed by atoms with Crippen LogP contribution in [-0.4, -0.2) is 19.3 Å². The quantitative estimate of drug-likeness (QED) is 0.389. The zero-order valence-corrected chi connectivity index (χ0v) is 15.3. The molecule has 4 heteroatoms. The van der Waals surface area contributed by atoms with Crippen molar-refractivity contribution in [1.82, 2.24) is 0 Å². The average Bonchev–Trinajstić information content (AvgIpc) is 2.27. The van der Waals surface area contributed by atoms with Crippen LogP contribution in [-0.2, 0) is 0 Å². The van der Waals surface area contributed by atoms with Gasteiger partial charge in [-0.25, -0.2) is 0 Å². The van der Waals surface area contributed by atoms with E-state index in [2.05, 4.69) is 88.0 Å². The summed E-state index contributed by atoms with van der Waals surface area (Å²) in [4.78, 5) is 2.12. The number of hydrogen-bond acceptors (Lipinski definition) is 0. The molecule has 0 aromatic heterocycles. The van der Waals surface area contributed by atoms with Gasteiger partial charge in [0.25, 0.3) is 0 Å². The number of halogens is 4. The van der Waals surface area contributed by atoms with Gasteiger partial charge in [-0.2, -0.15) is 0 Å². The van der Waals surface area contributed by atoms with Gasteiger partial charge in [0, 0.05) is 19.3 Å². The van der Waals surface area contributed by atoms with Gasteiger partial charge in [-0.1, -0.05) is 88.0 Å². The lowest BCUT2D eigenvalue weighted by molar-refractivity contribution is 0.653. The van der Waals surface area contributed by atoms with Gasteiger partial charge in [0.1, 0.15) is 0 Å². The molecule has 0 nitrogen and oxygen atoms in total. The normalized spacial score (nSPS) is 37.8. The van der Waals surface area contributed by atoms with Crippen molar-refractivity contribution in [3.63, 3.8) is 0 Å². The molecule has 1 rings (SSSR count). The molecule has 0 saturated heterocycles. The van der Waals surface area contributed by atoms with Gasteiger partial charge >= 0.3 is 0 Å². The van der Waals surface area contributed by atoms with E-state index in [1.807, 2.05) is 0 Å². The first-order chi connectivity index (χ1) is 7.61. The highest BCUT2D eigenvalue weighted by molar-refractivity contribution is 9.12. The Labute approximate surface area is 132 Å². The average molecular weight is 480 g/mol. The van der Waals surface area contributed by atoms with Crippen LogP contribution in [0.5, 0.6) is 0 Å². The summed E-state index contributed by atoms with van der Waals surface area (Å²) < 4.78 is 0. The summed E-state index contributed by atoms with van der Waals surface area (Å²) in [6, 6.07) is 0. The van der Waals surface area contributed by atoms with E-state index in [0.717, 1.165) is 12.8 Å². The van der Waals surface area contributed by atoms with Gasteiger partial charge in [-0.3, -0.25) is 0 Å². The topological polar surface area (TPSA) is 0 Å². The summed E-state index contributed by atoms with van der Waals surface area (Å²) in [5.74, 6) is 0. The Morgan fingerprint density at radius 3 is 1.38 bits per heavy atom. The van der Waals surface area contributed by atoms with Gasteiger partial charge in [0.15, 0.2) is 0 Å². The van der Waals surface area contributed by atoms with Crippen LogP contribution in [0.3, 0.4) is 0 Å². The van der Waals surface area contributed by atoms with Crippen LogP contribution in [0, 0.1) is 0 Å². The second-order valence-electron chi connectivity index (χ2n) is 3.97. The van der Waals surface area contributed by atoms with Crippen LogP contribution in [0.1, 0.15) is 25.7 Å². The largest absolute Gasteiger partial charge is 0.0878 e. The van der Waals surface area contributed by atoms with Gasteiger partial charge in [0.05, 0.1) is 0 Å². The third-order valence-corrected chi connectivity index (χ3v) is 8.24. The van der Waals surface area contributed by atoms with E-state index in [-0.39, 0.29) is 0 Å². The summed E-state index contributed by atoms with van der Waals surface area (Å²) in [5.41, 5.74) is 0. The highest BCUT2D eigenvalue weighted by Gasteiger charge is 2.19. The number of alkyl halides is 4. The molecule has 1 aliphatic carbocycles. The van der Waals surface area contributed by atoms with Crippen LogP contribution < -0.4 is 0 Å². The molecule has 4 atom stereocenters. The lowest BCUT2D eigenvalue weighted by atomic mass is 10.1. The first-order valence-electron chi connectivity index (χ1n) is 5.49. The molecule has 0 amide bonds. The molecule has 16 heavy (non-hydrogen) atoms. The highest BCUT2D eigenvalue weighted by Crippen LogP contribution is 2.28. The monoisotopic (exact) mass is 476 g/mol. The van der Waals surface area contributed by atoms with Crippen molar-refractivity contribution >= 4 is 63.7 Å². The Balaban J connectivity index is 2.61.